The summed E-state index contributed by atoms with van der Waals surface area (Å²) in [5.74, 6) is -0.613. The predicted molar refractivity (Wildman–Crippen MR) is 110 cm³/mol. The molecule has 2 heterocycles. The molecule has 0 bridgehead atoms. The summed E-state index contributed by atoms with van der Waals surface area (Å²) in [4.78, 5) is 51.7. The lowest BCUT2D eigenvalue weighted by atomic mass is 10.2. The molecule has 0 amide bonds. The summed E-state index contributed by atoms with van der Waals surface area (Å²) < 4.78 is 4.53. The Morgan fingerprint density at radius 3 is 2.13 bits per heavy atom. The summed E-state index contributed by atoms with van der Waals surface area (Å²) >= 11 is 0. The average Bonchev–Trinajstić information content (AvgIpc) is 2.99. The smallest absolute Gasteiger partial charge is 0.333 e. The number of nitro benzene ring substituents is 1. The molecular weight excluding hydrogens is 396 g/mol. The number of fused-ring (bicyclic) bond motifs is 1. The molecular formula is C18H20N6O6. The Balaban J connectivity index is 2.31. The minimum absolute atomic E-state index is 0.0988. The van der Waals surface area contributed by atoms with E-state index in [0.717, 1.165) is 15.3 Å². The number of hydrogen-bond donors (Lipinski definition) is 1. The normalized spacial score (nSPS) is 11.6. The van der Waals surface area contributed by atoms with E-state index in [2.05, 4.69) is 4.99 Å². The fourth-order valence-corrected chi connectivity index (χ4v) is 3.31. The summed E-state index contributed by atoms with van der Waals surface area (Å²) in [6.07, 6.45) is 0.969. The maximum absolute atomic E-state index is 12.5. The molecule has 0 spiro atoms. The molecule has 1 N–H and O–H groups in total. The summed E-state index contributed by atoms with van der Waals surface area (Å²) in [5.41, 5.74) is -1.73. The molecule has 0 atom stereocenters. The third-order valence-electron chi connectivity index (χ3n) is 4.94. The van der Waals surface area contributed by atoms with Crippen LogP contribution in [0.4, 0.5) is 11.4 Å². The van der Waals surface area contributed by atoms with Crippen LogP contribution in [0.3, 0.4) is 0 Å². The molecule has 0 aliphatic carbocycles. The summed E-state index contributed by atoms with van der Waals surface area (Å²) in [6, 6.07) is 2.66. The van der Waals surface area contributed by atoms with E-state index in [9.17, 15) is 29.6 Å². The average molecular weight is 416 g/mol. The van der Waals surface area contributed by atoms with Crippen molar-refractivity contribution < 1.29 is 10.0 Å². The molecule has 1 aromatic carbocycles. The molecule has 158 valence electrons. The third kappa shape index (κ3) is 3.02. The second-order valence-corrected chi connectivity index (χ2v) is 6.56. The van der Waals surface area contributed by atoms with Gasteiger partial charge in [-0.15, -0.1) is 0 Å². The molecule has 30 heavy (non-hydrogen) atoms. The van der Waals surface area contributed by atoms with Crippen LogP contribution in [0.15, 0.2) is 31.5 Å². The van der Waals surface area contributed by atoms with E-state index in [1.807, 2.05) is 0 Å². The van der Waals surface area contributed by atoms with Crippen molar-refractivity contribution in [3.8, 4) is 5.88 Å². The SMILES string of the molecule is CCn1c(=O)n(CC)c2cc([N+](=O)[O-])c(N=Cc3c(O)n(C)c(=O)n(C)c3=O)cc21. The molecule has 0 fully saturated rings. The largest absolute Gasteiger partial charge is 0.494 e. The summed E-state index contributed by atoms with van der Waals surface area (Å²) in [7, 11) is 2.51. The van der Waals surface area contributed by atoms with Crippen molar-refractivity contribution in [2.45, 2.75) is 26.9 Å². The maximum Gasteiger partial charge on any atom is 0.333 e. The molecule has 12 nitrogen and oxygen atoms in total. The Morgan fingerprint density at radius 1 is 1.03 bits per heavy atom. The second kappa shape index (κ2) is 7.46. The number of nitro groups is 1. The minimum atomic E-state index is -0.800. The van der Waals surface area contributed by atoms with Crippen LogP contribution in [0.25, 0.3) is 11.0 Å². The van der Waals surface area contributed by atoms with Crippen molar-refractivity contribution in [1.29, 1.82) is 0 Å². The van der Waals surface area contributed by atoms with Crippen LogP contribution < -0.4 is 16.9 Å². The van der Waals surface area contributed by atoms with E-state index >= 15 is 0 Å². The first-order valence-corrected chi connectivity index (χ1v) is 9.08. The number of rotatable bonds is 5. The minimum Gasteiger partial charge on any atom is -0.494 e. The Hall–Kier alpha value is -3.96. The van der Waals surface area contributed by atoms with Crippen molar-refractivity contribution in [3.63, 3.8) is 0 Å². The van der Waals surface area contributed by atoms with E-state index in [1.165, 1.54) is 35.4 Å². The topological polar surface area (TPSA) is 147 Å². The lowest BCUT2D eigenvalue weighted by Gasteiger charge is -2.07. The first kappa shape index (κ1) is 20.8. The van der Waals surface area contributed by atoms with Crippen molar-refractivity contribution in [3.05, 3.63) is 59.1 Å². The third-order valence-corrected chi connectivity index (χ3v) is 4.94. The zero-order valence-electron chi connectivity index (χ0n) is 16.8. The maximum atomic E-state index is 12.5. The Labute approximate surface area is 168 Å². The van der Waals surface area contributed by atoms with Crippen LogP contribution in [-0.2, 0) is 27.2 Å². The number of hydrogen-bond acceptors (Lipinski definition) is 7. The second-order valence-electron chi connectivity index (χ2n) is 6.56. The standard InChI is InChI=1S/C18H20N6O6/c1-5-22-13-7-11(12(24(29)30)8-14(13)23(6-2)18(22)28)19-9-10-15(25)20(3)17(27)21(4)16(10)26/h7-9,25H,5-6H2,1-4H3. The van der Waals surface area contributed by atoms with Crippen LogP contribution in [0.1, 0.15) is 19.4 Å². The van der Waals surface area contributed by atoms with Gasteiger partial charge in [-0.2, -0.15) is 0 Å². The number of imidazole rings is 1. The number of benzene rings is 1. The first-order valence-electron chi connectivity index (χ1n) is 9.08. The van der Waals surface area contributed by atoms with E-state index in [-0.39, 0.29) is 22.6 Å². The molecule has 0 aliphatic heterocycles. The quantitative estimate of drug-likeness (QED) is 0.366. The van der Waals surface area contributed by atoms with E-state index in [4.69, 9.17) is 0 Å². The van der Waals surface area contributed by atoms with Gasteiger partial charge in [0.15, 0.2) is 0 Å². The molecule has 0 radical (unpaired) electrons. The van der Waals surface area contributed by atoms with Gasteiger partial charge >= 0.3 is 11.4 Å². The van der Waals surface area contributed by atoms with Gasteiger partial charge in [0.05, 0.1) is 16.0 Å². The van der Waals surface area contributed by atoms with Crippen LogP contribution in [0.2, 0.25) is 0 Å². The van der Waals surface area contributed by atoms with Crippen molar-refractivity contribution in [1.82, 2.24) is 18.3 Å². The number of aliphatic imine (C=N–C) groups is 1. The highest BCUT2D eigenvalue weighted by atomic mass is 16.6. The Morgan fingerprint density at radius 2 is 1.60 bits per heavy atom. The highest BCUT2D eigenvalue weighted by molar-refractivity contribution is 5.89. The summed E-state index contributed by atoms with van der Waals surface area (Å²) in [6.45, 7) is 4.23. The van der Waals surface area contributed by atoms with Gasteiger partial charge in [0.25, 0.3) is 11.2 Å². The van der Waals surface area contributed by atoms with Gasteiger partial charge in [-0.1, -0.05) is 0 Å². The zero-order chi connectivity index (χ0) is 22.3. The monoisotopic (exact) mass is 416 g/mol. The van der Waals surface area contributed by atoms with Crippen LogP contribution >= 0.6 is 0 Å². The molecule has 0 saturated heterocycles. The molecule has 0 unspecified atom stereocenters. The molecule has 12 heteroatoms. The van der Waals surface area contributed by atoms with Crippen LogP contribution in [-0.4, -0.2) is 34.5 Å². The van der Waals surface area contributed by atoms with Gasteiger partial charge in [-0.3, -0.25) is 33.2 Å². The fraction of sp³-hybridized carbons (Fsp3) is 0.333. The van der Waals surface area contributed by atoms with E-state index in [0.29, 0.717) is 24.1 Å². The van der Waals surface area contributed by atoms with Gasteiger partial charge in [0, 0.05) is 39.5 Å². The van der Waals surface area contributed by atoms with Gasteiger partial charge in [-0.25, -0.2) is 14.6 Å². The predicted octanol–water partition coefficient (Wildman–Crippen LogP) is 0.605. The number of aromatic hydroxyl groups is 1. The van der Waals surface area contributed by atoms with Crippen LogP contribution in [0.5, 0.6) is 5.88 Å². The Bertz CT molecular complexity index is 1390. The number of aryl methyl sites for hydroxylation is 2. The number of nitrogens with zero attached hydrogens (tertiary/aromatic N) is 6. The van der Waals surface area contributed by atoms with Crippen LogP contribution in [0, 0.1) is 10.1 Å². The highest BCUT2D eigenvalue weighted by Gasteiger charge is 2.21. The molecule has 2 aromatic heterocycles. The number of aromatic nitrogens is 4. The van der Waals surface area contributed by atoms with E-state index in [1.54, 1.807) is 13.8 Å². The van der Waals surface area contributed by atoms with Gasteiger partial charge in [-0.05, 0) is 19.9 Å². The first-order chi connectivity index (χ1) is 14.1. The highest BCUT2D eigenvalue weighted by Crippen LogP contribution is 2.32. The van der Waals surface area contributed by atoms with Crippen molar-refractivity contribution in [2.75, 3.05) is 0 Å². The molecule has 0 aliphatic rings. The van der Waals surface area contributed by atoms with Gasteiger partial charge < -0.3 is 5.11 Å². The van der Waals surface area contributed by atoms with Gasteiger partial charge in [0.1, 0.15) is 11.3 Å². The fourth-order valence-electron chi connectivity index (χ4n) is 3.31. The molecule has 3 aromatic rings. The van der Waals surface area contributed by atoms with Crippen molar-refractivity contribution in [2.24, 2.45) is 19.1 Å². The Kier molecular flexibility index (Phi) is 5.16. The molecule has 0 saturated carbocycles. The lowest BCUT2D eigenvalue weighted by Crippen LogP contribution is -2.38. The molecule has 3 rings (SSSR count). The lowest BCUT2D eigenvalue weighted by molar-refractivity contribution is -0.383. The van der Waals surface area contributed by atoms with Crippen molar-refractivity contribution >= 4 is 28.6 Å². The van der Waals surface area contributed by atoms with E-state index < -0.39 is 22.1 Å². The van der Waals surface area contributed by atoms with Gasteiger partial charge in [0.2, 0.25) is 5.88 Å². The zero-order valence-corrected chi connectivity index (χ0v) is 16.8. The summed E-state index contributed by atoms with van der Waals surface area (Å²) in [5, 5.41) is 21.7.